The van der Waals surface area contributed by atoms with Crippen LogP contribution in [0.25, 0.3) is 6.08 Å². The largest absolute Gasteiger partial charge is 0.496 e. The molecular weight excluding hydrogens is 242 g/mol. The van der Waals surface area contributed by atoms with Crippen LogP contribution >= 0.6 is 0 Å². The van der Waals surface area contributed by atoms with Crippen LogP contribution in [-0.4, -0.2) is 29.4 Å². The number of aliphatic carboxylic acids is 1. The lowest BCUT2D eigenvalue weighted by atomic mass is 10.1. The van der Waals surface area contributed by atoms with E-state index in [0.29, 0.717) is 6.29 Å². The van der Waals surface area contributed by atoms with Crippen molar-refractivity contribution in [2.75, 3.05) is 7.11 Å². The van der Waals surface area contributed by atoms with Crippen molar-refractivity contribution >= 4 is 24.0 Å². The van der Waals surface area contributed by atoms with Gasteiger partial charge in [0, 0.05) is 23.3 Å². The van der Waals surface area contributed by atoms with Gasteiger partial charge < -0.3 is 9.84 Å². The van der Waals surface area contributed by atoms with Crippen LogP contribution in [0, 0.1) is 10.1 Å². The second-order valence-corrected chi connectivity index (χ2v) is 3.20. The summed E-state index contributed by atoms with van der Waals surface area (Å²) in [6.07, 6.45) is 2.36. The number of nitro benzene ring substituents is 1. The Balaban J connectivity index is 3.43. The predicted molar refractivity (Wildman–Crippen MR) is 61.7 cm³/mol. The lowest BCUT2D eigenvalue weighted by molar-refractivity contribution is -0.384. The van der Waals surface area contributed by atoms with Gasteiger partial charge in [-0.2, -0.15) is 0 Å². The van der Waals surface area contributed by atoms with Crippen molar-refractivity contribution in [3.05, 3.63) is 39.4 Å². The fourth-order valence-corrected chi connectivity index (χ4v) is 1.34. The number of benzene rings is 1. The third-order valence-electron chi connectivity index (χ3n) is 2.11. The topological polar surface area (TPSA) is 107 Å². The number of hydrogen-bond donors (Lipinski definition) is 1. The molecule has 7 heteroatoms. The predicted octanol–water partition coefficient (Wildman–Crippen LogP) is 1.51. The molecule has 18 heavy (non-hydrogen) atoms. The number of nitrogens with zero attached hydrogens (tertiary/aromatic N) is 1. The zero-order valence-electron chi connectivity index (χ0n) is 9.32. The number of rotatable bonds is 5. The number of carboxylic acid groups (broad SMARTS) is 1. The lowest BCUT2D eigenvalue weighted by Crippen LogP contribution is -1.98. The van der Waals surface area contributed by atoms with Crippen molar-refractivity contribution in [3.63, 3.8) is 0 Å². The van der Waals surface area contributed by atoms with Crippen LogP contribution in [0.15, 0.2) is 18.2 Å². The van der Waals surface area contributed by atoms with Crippen molar-refractivity contribution in [3.8, 4) is 5.75 Å². The second kappa shape index (κ2) is 5.58. The molecule has 0 spiro atoms. The third kappa shape index (κ3) is 2.91. The van der Waals surface area contributed by atoms with Gasteiger partial charge in [-0.15, -0.1) is 0 Å². The van der Waals surface area contributed by atoms with Crippen molar-refractivity contribution in [2.45, 2.75) is 0 Å². The summed E-state index contributed by atoms with van der Waals surface area (Å²) in [5.41, 5.74) is -0.138. The first-order chi connectivity index (χ1) is 8.49. The molecule has 0 fully saturated rings. The highest BCUT2D eigenvalue weighted by molar-refractivity contribution is 5.91. The van der Waals surface area contributed by atoms with E-state index >= 15 is 0 Å². The smallest absolute Gasteiger partial charge is 0.328 e. The van der Waals surface area contributed by atoms with Gasteiger partial charge in [0.05, 0.1) is 18.1 Å². The minimum atomic E-state index is -1.20. The van der Waals surface area contributed by atoms with Crippen LogP contribution in [0.4, 0.5) is 5.69 Å². The average Bonchev–Trinajstić information content (AvgIpc) is 2.34. The monoisotopic (exact) mass is 251 g/mol. The molecule has 0 bridgehead atoms. The van der Waals surface area contributed by atoms with Gasteiger partial charge in [-0.05, 0) is 6.08 Å². The minimum absolute atomic E-state index is 0.0152. The molecule has 0 unspecified atom stereocenters. The molecule has 1 aromatic rings. The summed E-state index contributed by atoms with van der Waals surface area (Å²) in [6, 6.07) is 2.17. The Morgan fingerprint density at radius 2 is 2.17 bits per heavy atom. The first-order valence-electron chi connectivity index (χ1n) is 4.72. The van der Waals surface area contributed by atoms with E-state index in [0.717, 1.165) is 24.3 Å². The van der Waals surface area contributed by atoms with Gasteiger partial charge in [-0.3, -0.25) is 14.9 Å². The highest BCUT2D eigenvalue weighted by Crippen LogP contribution is 2.29. The maximum atomic E-state index is 10.9. The van der Waals surface area contributed by atoms with E-state index in [-0.39, 0.29) is 22.6 Å². The van der Waals surface area contributed by atoms with E-state index in [2.05, 4.69) is 0 Å². The summed E-state index contributed by atoms with van der Waals surface area (Å²) in [4.78, 5) is 31.2. The van der Waals surface area contributed by atoms with Crippen molar-refractivity contribution in [2.24, 2.45) is 0 Å². The SMILES string of the molecule is COc1cc([N+](=O)[O-])cc(C=O)c1/C=C/C(=O)O. The molecule has 0 aromatic heterocycles. The summed E-state index contributed by atoms with van der Waals surface area (Å²) >= 11 is 0. The van der Waals surface area contributed by atoms with E-state index in [4.69, 9.17) is 9.84 Å². The molecule has 94 valence electrons. The Hall–Kier alpha value is -2.70. The molecule has 0 aliphatic heterocycles. The first kappa shape index (κ1) is 13.4. The normalized spacial score (nSPS) is 10.3. The van der Waals surface area contributed by atoms with Crippen LogP contribution in [-0.2, 0) is 4.79 Å². The van der Waals surface area contributed by atoms with Crippen LogP contribution in [0.1, 0.15) is 15.9 Å². The number of carbonyl (C=O) groups excluding carboxylic acids is 1. The van der Waals surface area contributed by atoms with Gasteiger partial charge in [-0.25, -0.2) is 4.79 Å². The molecule has 0 amide bonds. The van der Waals surface area contributed by atoms with Gasteiger partial charge in [-0.1, -0.05) is 0 Å². The molecule has 0 atom stereocenters. The standard InChI is InChI=1S/C11H9NO6/c1-18-10-5-8(12(16)17)4-7(6-13)9(10)2-3-11(14)15/h2-6H,1H3,(H,14,15)/b3-2+. The zero-order valence-corrected chi connectivity index (χ0v) is 9.32. The van der Waals surface area contributed by atoms with Gasteiger partial charge in [0.15, 0.2) is 6.29 Å². The highest BCUT2D eigenvalue weighted by Gasteiger charge is 2.15. The summed E-state index contributed by atoms with van der Waals surface area (Å²) in [7, 11) is 1.27. The Morgan fingerprint density at radius 1 is 1.50 bits per heavy atom. The van der Waals surface area contributed by atoms with Crippen LogP contribution in [0.5, 0.6) is 5.75 Å². The summed E-state index contributed by atoms with van der Waals surface area (Å²) < 4.78 is 4.90. The summed E-state index contributed by atoms with van der Waals surface area (Å²) in [5.74, 6) is -1.14. The molecule has 0 aliphatic carbocycles. The van der Waals surface area contributed by atoms with Crippen LogP contribution < -0.4 is 4.74 Å². The Kier molecular flexibility index (Phi) is 4.14. The number of carboxylic acids is 1. The van der Waals surface area contributed by atoms with Crippen molar-refractivity contribution < 1.29 is 24.4 Å². The fourth-order valence-electron chi connectivity index (χ4n) is 1.34. The molecule has 0 aliphatic rings. The van der Waals surface area contributed by atoms with Gasteiger partial charge in [0.1, 0.15) is 5.75 Å². The van der Waals surface area contributed by atoms with Gasteiger partial charge >= 0.3 is 5.97 Å². The maximum Gasteiger partial charge on any atom is 0.328 e. The molecule has 0 saturated carbocycles. The van der Waals surface area contributed by atoms with Crippen LogP contribution in [0.2, 0.25) is 0 Å². The zero-order chi connectivity index (χ0) is 13.7. The maximum absolute atomic E-state index is 10.9. The number of hydrogen-bond acceptors (Lipinski definition) is 5. The van der Waals surface area contributed by atoms with Crippen LogP contribution in [0.3, 0.4) is 0 Å². The van der Waals surface area contributed by atoms with Gasteiger partial charge in [0.2, 0.25) is 0 Å². The first-order valence-corrected chi connectivity index (χ1v) is 4.72. The molecule has 1 aromatic carbocycles. The molecule has 7 nitrogen and oxygen atoms in total. The lowest BCUT2D eigenvalue weighted by Gasteiger charge is -2.07. The molecule has 1 rings (SSSR count). The molecular formula is C11H9NO6. The van der Waals surface area contributed by atoms with Crippen molar-refractivity contribution in [1.82, 2.24) is 0 Å². The highest BCUT2D eigenvalue weighted by atomic mass is 16.6. The number of methoxy groups -OCH3 is 1. The molecule has 1 N–H and O–H groups in total. The van der Waals surface area contributed by atoms with E-state index < -0.39 is 10.9 Å². The quantitative estimate of drug-likeness (QED) is 0.368. The number of aldehydes is 1. The van der Waals surface area contributed by atoms with E-state index in [9.17, 15) is 19.7 Å². The van der Waals surface area contributed by atoms with Crippen molar-refractivity contribution in [1.29, 1.82) is 0 Å². The number of carbonyl (C=O) groups is 2. The summed E-state index contributed by atoms with van der Waals surface area (Å²) in [6.45, 7) is 0. The van der Waals surface area contributed by atoms with E-state index in [1.54, 1.807) is 0 Å². The number of nitro groups is 1. The van der Waals surface area contributed by atoms with E-state index in [1.807, 2.05) is 0 Å². The van der Waals surface area contributed by atoms with Gasteiger partial charge in [0.25, 0.3) is 5.69 Å². The Bertz CT molecular complexity index is 535. The molecule has 0 saturated heterocycles. The molecule has 0 radical (unpaired) electrons. The van der Waals surface area contributed by atoms with E-state index in [1.165, 1.54) is 7.11 Å². The second-order valence-electron chi connectivity index (χ2n) is 3.20. The average molecular weight is 251 g/mol. The minimum Gasteiger partial charge on any atom is -0.496 e. The molecule has 0 heterocycles. The Morgan fingerprint density at radius 3 is 2.61 bits per heavy atom. The number of non-ortho nitro benzene ring substituents is 1. The number of ether oxygens (including phenoxy) is 1. The summed E-state index contributed by atoms with van der Waals surface area (Å²) in [5, 5.41) is 19.2. The third-order valence-corrected chi connectivity index (χ3v) is 2.11. The Labute approximate surface area is 101 Å². The fraction of sp³-hybridized carbons (Fsp3) is 0.0909.